The number of nitrogens with two attached hydrogens (primary N) is 1. The Hall–Kier alpha value is -1.23. The molecule has 2 unspecified atom stereocenters. The molecule has 1 aliphatic rings. The summed E-state index contributed by atoms with van der Waals surface area (Å²) in [6.45, 7) is 5.82. The molecule has 2 heterocycles. The van der Waals surface area contributed by atoms with Crippen LogP contribution in [0.15, 0.2) is 18.3 Å². The van der Waals surface area contributed by atoms with E-state index in [9.17, 15) is 4.79 Å². The average molecular weight is 251 g/mol. The third-order valence-electron chi connectivity index (χ3n) is 2.75. The zero-order valence-corrected chi connectivity index (χ0v) is 10.9. The molecule has 1 saturated heterocycles. The van der Waals surface area contributed by atoms with Crippen LogP contribution < -0.4 is 5.73 Å². The summed E-state index contributed by atoms with van der Waals surface area (Å²) in [5.41, 5.74) is 6.61. The van der Waals surface area contributed by atoms with E-state index >= 15 is 0 Å². The van der Waals surface area contributed by atoms with Crippen molar-refractivity contribution in [2.75, 3.05) is 18.8 Å². The summed E-state index contributed by atoms with van der Waals surface area (Å²) in [7, 11) is 0. The van der Waals surface area contributed by atoms with Gasteiger partial charge < -0.3 is 10.6 Å². The first-order valence-electron chi connectivity index (χ1n) is 5.73. The summed E-state index contributed by atoms with van der Waals surface area (Å²) >= 11 is 1.92. The molecule has 0 saturated carbocycles. The smallest absolute Gasteiger partial charge is 0.274 e. The number of rotatable bonds is 1. The van der Waals surface area contributed by atoms with Crippen molar-refractivity contribution in [3.8, 4) is 0 Å². The van der Waals surface area contributed by atoms with Gasteiger partial charge >= 0.3 is 0 Å². The van der Waals surface area contributed by atoms with Crippen molar-refractivity contribution >= 4 is 23.4 Å². The number of thioether (sulfide) groups is 1. The highest BCUT2D eigenvalue weighted by Gasteiger charge is 2.27. The molecule has 0 bridgehead atoms. The predicted molar refractivity (Wildman–Crippen MR) is 71.1 cm³/mol. The highest BCUT2D eigenvalue weighted by molar-refractivity contribution is 8.00. The molecule has 17 heavy (non-hydrogen) atoms. The largest absolute Gasteiger partial charge is 0.397 e. The zero-order valence-electron chi connectivity index (χ0n) is 10.1. The standard InChI is InChI=1S/C12H17N3OS/c1-8-6-15(7-9(2)17-8)12(16)11-10(13)4-3-5-14-11/h3-5,8-9H,6-7,13H2,1-2H3. The Kier molecular flexibility index (Phi) is 3.57. The molecule has 0 radical (unpaired) electrons. The minimum Gasteiger partial charge on any atom is -0.397 e. The van der Waals surface area contributed by atoms with Gasteiger partial charge in [0, 0.05) is 29.8 Å². The van der Waals surface area contributed by atoms with Gasteiger partial charge in [0.05, 0.1) is 5.69 Å². The first kappa shape index (κ1) is 12.2. The number of nitrogen functional groups attached to an aromatic ring is 1. The van der Waals surface area contributed by atoms with Crippen molar-refractivity contribution in [1.29, 1.82) is 0 Å². The minimum absolute atomic E-state index is 0.0536. The van der Waals surface area contributed by atoms with Gasteiger partial charge in [0.25, 0.3) is 5.91 Å². The molecule has 1 aromatic rings. The maximum absolute atomic E-state index is 12.3. The number of carbonyl (C=O) groups excluding carboxylic acids is 1. The van der Waals surface area contributed by atoms with Crippen molar-refractivity contribution in [2.24, 2.45) is 0 Å². The van der Waals surface area contributed by atoms with Crippen LogP contribution in [0.3, 0.4) is 0 Å². The number of hydrogen-bond donors (Lipinski definition) is 1. The number of pyridine rings is 1. The number of carbonyl (C=O) groups is 1. The SMILES string of the molecule is CC1CN(C(=O)c2ncccc2N)CC(C)S1. The van der Waals surface area contributed by atoms with Crippen LogP contribution in [-0.2, 0) is 0 Å². The number of hydrogen-bond acceptors (Lipinski definition) is 4. The van der Waals surface area contributed by atoms with E-state index in [0.29, 0.717) is 21.9 Å². The number of amides is 1. The summed E-state index contributed by atoms with van der Waals surface area (Å²) in [6, 6.07) is 3.45. The van der Waals surface area contributed by atoms with Crippen LogP contribution in [0.25, 0.3) is 0 Å². The summed E-state index contributed by atoms with van der Waals surface area (Å²) in [5.74, 6) is -0.0536. The van der Waals surface area contributed by atoms with E-state index in [0.717, 1.165) is 13.1 Å². The van der Waals surface area contributed by atoms with E-state index in [-0.39, 0.29) is 5.91 Å². The molecule has 2 atom stereocenters. The summed E-state index contributed by atoms with van der Waals surface area (Å²) < 4.78 is 0. The third kappa shape index (κ3) is 2.72. The summed E-state index contributed by atoms with van der Waals surface area (Å²) in [6.07, 6.45) is 1.61. The second kappa shape index (κ2) is 4.96. The molecule has 0 spiro atoms. The molecule has 1 fully saturated rings. The van der Waals surface area contributed by atoms with Crippen LogP contribution in [-0.4, -0.2) is 39.4 Å². The maximum Gasteiger partial charge on any atom is 0.274 e. The van der Waals surface area contributed by atoms with Crippen LogP contribution >= 0.6 is 11.8 Å². The first-order valence-corrected chi connectivity index (χ1v) is 6.67. The molecule has 1 aromatic heterocycles. The molecule has 92 valence electrons. The van der Waals surface area contributed by atoms with Gasteiger partial charge in [0.2, 0.25) is 0 Å². The molecule has 1 aliphatic heterocycles. The van der Waals surface area contributed by atoms with E-state index in [1.54, 1.807) is 18.3 Å². The van der Waals surface area contributed by atoms with E-state index in [4.69, 9.17) is 5.73 Å². The topological polar surface area (TPSA) is 59.2 Å². The maximum atomic E-state index is 12.3. The molecule has 0 aliphatic carbocycles. The van der Waals surface area contributed by atoms with Crippen LogP contribution in [0.1, 0.15) is 24.3 Å². The Morgan fingerprint density at radius 3 is 2.71 bits per heavy atom. The molecular formula is C12H17N3OS. The van der Waals surface area contributed by atoms with Gasteiger partial charge in [-0.05, 0) is 12.1 Å². The highest BCUT2D eigenvalue weighted by atomic mass is 32.2. The molecule has 0 aromatic carbocycles. The lowest BCUT2D eigenvalue weighted by molar-refractivity contribution is 0.0748. The molecule has 5 heteroatoms. The van der Waals surface area contributed by atoms with Gasteiger partial charge in [0.1, 0.15) is 0 Å². The van der Waals surface area contributed by atoms with Gasteiger partial charge in [0.15, 0.2) is 5.69 Å². The average Bonchev–Trinajstić information content (AvgIpc) is 2.27. The van der Waals surface area contributed by atoms with E-state index in [2.05, 4.69) is 18.8 Å². The van der Waals surface area contributed by atoms with Crippen molar-refractivity contribution in [1.82, 2.24) is 9.88 Å². The Labute approximate surface area is 106 Å². The minimum atomic E-state index is -0.0536. The fraction of sp³-hybridized carbons (Fsp3) is 0.500. The van der Waals surface area contributed by atoms with E-state index in [1.807, 2.05) is 16.7 Å². The fourth-order valence-electron chi connectivity index (χ4n) is 2.09. The Balaban J connectivity index is 2.17. The van der Waals surface area contributed by atoms with E-state index in [1.165, 1.54) is 0 Å². The first-order chi connectivity index (χ1) is 8.08. The second-order valence-corrected chi connectivity index (χ2v) is 6.29. The van der Waals surface area contributed by atoms with Gasteiger partial charge in [-0.15, -0.1) is 0 Å². The van der Waals surface area contributed by atoms with Gasteiger partial charge in [-0.2, -0.15) is 11.8 Å². The quantitative estimate of drug-likeness (QED) is 0.824. The Bertz CT molecular complexity index is 414. The van der Waals surface area contributed by atoms with Crippen molar-refractivity contribution in [3.63, 3.8) is 0 Å². The summed E-state index contributed by atoms with van der Waals surface area (Å²) in [5, 5.41) is 0.931. The van der Waals surface area contributed by atoms with Crippen molar-refractivity contribution in [3.05, 3.63) is 24.0 Å². The number of anilines is 1. The lowest BCUT2D eigenvalue weighted by Crippen LogP contribution is -2.44. The summed E-state index contributed by atoms with van der Waals surface area (Å²) in [4.78, 5) is 18.2. The molecule has 2 rings (SSSR count). The lowest BCUT2D eigenvalue weighted by Gasteiger charge is -2.34. The van der Waals surface area contributed by atoms with E-state index < -0.39 is 0 Å². The van der Waals surface area contributed by atoms with Crippen LogP contribution in [0.4, 0.5) is 5.69 Å². The second-order valence-electron chi connectivity index (χ2n) is 4.41. The molecule has 2 N–H and O–H groups in total. The van der Waals surface area contributed by atoms with Crippen LogP contribution in [0.2, 0.25) is 0 Å². The van der Waals surface area contributed by atoms with Crippen molar-refractivity contribution in [2.45, 2.75) is 24.3 Å². The Morgan fingerprint density at radius 2 is 2.12 bits per heavy atom. The molecule has 1 amide bonds. The monoisotopic (exact) mass is 251 g/mol. The third-order valence-corrected chi connectivity index (χ3v) is 3.98. The molecular weight excluding hydrogens is 234 g/mol. The lowest BCUT2D eigenvalue weighted by atomic mass is 10.2. The number of nitrogens with zero attached hydrogens (tertiary/aromatic N) is 2. The van der Waals surface area contributed by atoms with Crippen molar-refractivity contribution < 1.29 is 4.79 Å². The molecule has 4 nitrogen and oxygen atoms in total. The normalized spacial score (nSPS) is 24.7. The van der Waals surface area contributed by atoms with Gasteiger partial charge in [-0.1, -0.05) is 13.8 Å². The fourth-order valence-corrected chi connectivity index (χ4v) is 3.42. The Morgan fingerprint density at radius 1 is 1.47 bits per heavy atom. The van der Waals surface area contributed by atoms with Gasteiger partial charge in [-0.25, -0.2) is 4.98 Å². The predicted octanol–water partition coefficient (Wildman–Crippen LogP) is 1.63. The zero-order chi connectivity index (χ0) is 12.4. The van der Waals surface area contributed by atoms with Gasteiger partial charge in [-0.3, -0.25) is 4.79 Å². The highest BCUT2D eigenvalue weighted by Crippen LogP contribution is 2.26. The van der Waals surface area contributed by atoms with Crippen LogP contribution in [0, 0.1) is 0 Å². The van der Waals surface area contributed by atoms with Crippen LogP contribution in [0.5, 0.6) is 0 Å². The number of aromatic nitrogens is 1.